The molecule has 0 aromatic rings. The molecule has 0 rings (SSSR count). The van der Waals surface area contributed by atoms with Crippen LogP contribution in [0, 0.1) is 0 Å². The van der Waals surface area contributed by atoms with E-state index in [0.717, 1.165) is 32.0 Å². The Morgan fingerprint density at radius 1 is 0.600 bits per heavy atom. The Labute approximate surface area is 125 Å². The maximum atomic E-state index is 10.1. The van der Waals surface area contributed by atoms with Crippen molar-refractivity contribution in [3.8, 4) is 0 Å². The summed E-state index contributed by atoms with van der Waals surface area (Å²) in [5.41, 5.74) is 0. The van der Waals surface area contributed by atoms with Gasteiger partial charge in [0, 0.05) is 6.42 Å². The number of hydrogen-bond acceptors (Lipinski definition) is 1. The molecular weight excluding hydrogens is 244 g/mol. The molecule has 0 amide bonds. The van der Waals surface area contributed by atoms with Gasteiger partial charge in [-0.1, -0.05) is 81.2 Å². The molecule has 1 heteroatoms. The first-order chi connectivity index (χ1) is 9.91. The van der Waals surface area contributed by atoms with Gasteiger partial charge in [0.05, 0.1) is 0 Å². The third-order valence-electron chi connectivity index (χ3n) is 2.98. The molecule has 0 aliphatic carbocycles. The molecule has 0 spiro atoms. The Bertz CT molecular complexity index is 308. The Morgan fingerprint density at radius 2 is 1.10 bits per heavy atom. The normalized spacial score (nSPS) is 12.4. The average Bonchev–Trinajstić information content (AvgIpc) is 2.47. The van der Waals surface area contributed by atoms with Crippen molar-refractivity contribution >= 4 is 6.29 Å². The lowest BCUT2D eigenvalue weighted by Crippen LogP contribution is -1.79. The highest BCUT2D eigenvalue weighted by Crippen LogP contribution is 2.06. The number of carbonyl (C=O) groups excluding carboxylic acids is 1. The summed E-state index contributed by atoms with van der Waals surface area (Å²) in [7, 11) is 0. The molecule has 0 aliphatic heterocycles. The fourth-order valence-electron chi connectivity index (χ4n) is 1.79. The molecule has 0 fully saturated rings. The van der Waals surface area contributed by atoms with Gasteiger partial charge in [0.25, 0.3) is 0 Å². The highest BCUT2D eigenvalue weighted by molar-refractivity contribution is 5.48. The first-order valence-electron chi connectivity index (χ1n) is 8.00. The first kappa shape index (κ1) is 18.6. The molecule has 0 aliphatic rings. The van der Waals surface area contributed by atoms with Crippen LogP contribution in [0.2, 0.25) is 0 Å². The summed E-state index contributed by atoms with van der Waals surface area (Å²) < 4.78 is 0. The van der Waals surface area contributed by atoms with E-state index >= 15 is 0 Å². The second-order valence-corrected chi connectivity index (χ2v) is 4.93. The molecule has 1 nitrogen and oxygen atoms in total. The molecule has 0 saturated carbocycles. The monoisotopic (exact) mass is 274 g/mol. The summed E-state index contributed by atoms with van der Waals surface area (Å²) in [5.74, 6) is 0. The van der Waals surface area contributed by atoms with E-state index < -0.39 is 0 Å². The molecule has 0 bridgehead atoms. The van der Waals surface area contributed by atoms with Crippen molar-refractivity contribution in [3.05, 3.63) is 48.6 Å². The average molecular weight is 274 g/mol. The predicted molar refractivity (Wildman–Crippen MR) is 89.9 cm³/mol. The van der Waals surface area contributed by atoms with E-state index in [-0.39, 0.29) is 0 Å². The van der Waals surface area contributed by atoms with Crippen molar-refractivity contribution in [2.45, 2.75) is 64.7 Å². The van der Waals surface area contributed by atoms with Crippen LogP contribution in [0.15, 0.2) is 48.6 Å². The van der Waals surface area contributed by atoms with Crippen LogP contribution in [0.4, 0.5) is 0 Å². The summed E-state index contributed by atoms with van der Waals surface area (Å²) in [6.45, 7) is 2.18. The van der Waals surface area contributed by atoms with Crippen molar-refractivity contribution < 1.29 is 4.79 Å². The van der Waals surface area contributed by atoms with Crippen LogP contribution >= 0.6 is 0 Å². The molecule has 0 aromatic carbocycles. The van der Waals surface area contributed by atoms with Crippen LogP contribution in [0.1, 0.15) is 64.7 Å². The van der Waals surface area contributed by atoms with E-state index in [1.807, 2.05) is 0 Å². The van der Waals surface area contributed by atoms with Crippen molar-refractivity contribution in [1.29, 1.82) is 0 Å². The van der Waals surface area contributed by atoms with Gasteiger partial charge in [-0.3, -0.25) is 0 Å². The van der Waals surface area contributed by atoms with Crippen molar-refractivity contribution in [2.24, 2.45) is 0 Å². The SMILES string of the molecule is CCC/C=C/C=C/C=C/C=C/CCCCCCCC=O. The highest BCUT2D eigenvalue weighted by atomic mass is 16.1. The van der Waals surface area contributed by atoms with Crippen molar-refractivity contribution in [1.82, 2.24) is 0 Å². The van der Waals surface area contributed by atoms with Gasteiger partial charge < -0.3 is 4.79 Å². The molecule has 20 heavy (non-hydrogen) atoms. The quantitative estimate of drug-likeness (QED) is 0.231. The van der Waals surface area contributed by atoms with E-state index in [4.69, 9.17) is 0 Å². The maximum Gasteiger partial charge on any atom is 0.119 e. The Kier molecular flexibility index (Phi) is 16.4. The smallest absolute Gasteiger partial charge is 0.119 e. The van der Waals surface area contributed by atoms with E-state index in [2.05, 4.69) is 55.5 Å². The van der Waals surface area contributed by atoms with Gasteiger partial charge in [-0.2, -0.15) is 0 Å². The van der Waals surface area contributed by atoms with Crippen LogP contribution in [0.25, 0.3) is 0 Å². The third-order valence-corrected chi connectivity index (χ3v) is 2.98. The van der Waals surface area contributed by atoms with Crippen LogP contribution in [-0.4, -0.2) is 6.29 Å². The van der Waals surface area contributed by atoms with Gasteiger partial charge in [0.1, 0.15) is 6.29 Å². The molecule has 0 atom stereocenters. The number of rotatable bonds is 13. The zero-order valence-corrected chi connectivity index (χ0v) is 13.0. The Morgan fingerprint density at radius 3 is 1.70 bits per heavy atom. The maximum absolute atomic E-state index is 10.1. The Hall–Kier alpha value is -1.37. The molecule has 0 unspecified atom stereocenters. The predicted octanol–water partition coefficient (Wildman–Crippen LogP) is 5.94. The van der Waals surface area contributed by atoms with Gasteiger partial charge in [0.15, 0.2) is 0 Å². The fraction of sp³-hybridized carbons (Fsp3) is 0.526. The standard InChI is InChI=1S/C19H30O/c1-2-3-4-5-6-7-8-9-10-11-12-13-14-15-16-17-18-19-20/h4-11,19H,2-3,12-18H2,1H3/b5-4+,7-6+,9-8+,11-10+. The number of hydrogen-bond donors (Lipinski definition) is 0. The zero-order valence-electron chi connectivity index (χ0n) is 13.0. The van der Waals surface area contributed by atoms with Crippen LogP contribution in [0.5, 0.6) is 0 Å². The first-order valence-corrected chi connectivity index (χ1v) is 8.00. The number of aldehydes is 1. The second-order valence-electron chi connectivity index (χ2n) is 4.93. The third kappa shape index (κ3) is 16.6. The summed E-state index contributed by atoms with van der Waals surface area (Å²) in [5, 5.41) is 0. The molecule has 0 saturated heterocycles. The fourth-order valence-corrected chi connectivity index (χ4v) is 1.79. The second kappa shape index (κ2) is 17.6. The Balaban J connectivity index is 3.36. The van der Waals surface area contributed by atoms with E-state index in [1.165, 1.54) is 32.1 Å². The molecule has 0 aromatic heterocycles. The summed E-state index contributed by atoms with van der Waals surface area (Å²) in [4.78, 5) is 10.1. The molecule has 0 radical (unpaired) electrons. The minimum absolute atomic E-state index is 0.728. The van der Waals surface area contributed by atoms with Gasteiger partial charge in [0.2, 0.25) is 0 Å². The summed E-state index contributed by atoms with van der Waals surface area (Å²) in [6.07, 6.45) is 28.2. The van der Waals surface area contributed by atoms with Crippen LogP contribution in [0.3, 0.4) is 0 Å². The number of unbranched alkanes of at least 4 members (excludes halogenated alkanes) is 7. The van der Waals surface area contributed by atoms with Gasteiger partial charge in [-0.05, 0) is 25.7 Å². The van der Waals surface area contributed by atoms with Crippen LogP contribution in [-0.2, 0) is 4.79 Å². The molecular formula is C19H30O. The molecule has 0 N–H and O–H groups in total. The number of allylic oxidation sites excluding steroid dienone is 8. The van der Waals surface area contributed by atoms with E-state index in [1.54, 1.807) is 0 Å². The minimum Gasteiger partial charge on any atom is -0.303 e. The van der Waals surface area contributed by atoms with E-state index in [9.17, 15) is 4.79 Å². The largest absolute Gasteiger partial charge is 0.303 e. The molecule has 112 valence electrons. The zero-order chi connectivity index (χ0) is 14.7. The van der Waals surface area contributed by atoms with Gasteiger partial charge >= 0.3 is 0 Å². The highest BCUT2D eigenvalue weighted by Gasteiger charge is 1.88. The minimum atomic E-state index is 0.728. The summed E-state index contributed by atoms with van der Waals surface area (Å²) >= 11 is 0. The summed E-state index contributed by atoms with van der Waals surface area (Å²) in [6, 6.07) is 0. The van der Waals surface area contributed by atoms with E-state index in [0.29, 0.717) is 0 Å². The lowest BCUT2D eigenvalue weighted by atomic mass is 10.1. The van der Waals surface area contributed by atoms with Gasteiger partial charge in [-0.15, -0.1) is 0 Å². The topological polar surface area (TPSA) is 17.1 Å². The van der Waals surface area contributed by atoms with Gasteiger partial charge in [-0.25, -0.2) is 0 Å². The van der Waals surface area contributed by atoms with Crippen molar-refractivity contribution in [3.63, 3.8) is 0 Å². The van der Waals surface area contributed by atoms with Crippen molar-refractivity contribution in [2.75, 3.05) is 0 Å². The van der Waals surface area contributed by atoms with Crippen LogP contribution < -0.4 is 0 Å². The lowest BCUT2D eigenvalue weighted by molar-refractivity contribution is -0.107. The lowest BCUT2D eigenvalue weighted by Gasteiger charge is -1.96. The number of carbonyl (C=O) groups is 1. The molecule has 0 heterocycles.